The number of halogens is 1. The van der Waals surface area contributed by atoms with Gasteiger partial charge in [-0.25, -0.2) is 0 Å². The lowest BCUT2D eigenvalue weighted by atomic mass is 10.1. The first-order valence-electron chi connectivity index (χ1n) is 5.88. The van der Waals surface area contributed by atoms with E-state index in [1.165, 1.54) is 24.7 Å². The molecule has 0 radical (unpaired) electrons. The highest BCUT2D eigenvalue weighted by Gasteiger charge is 2.17. The second-order valence-electron chi connectivity index (χ2n) is 4.39. The van der Waals surface area contributed by atoms with Gasteiger partial charge in [-0.2, -0.15) is 11.8 Å². The fourth-order valence-electron chi connectivity index (χ4n) is 2.08. The van der Waals surface area contributed by atoms with Gasteiger partial charge in [0.15, 0.2) is 0 Å². The summed E-state index contributed by atoms with van der Waals surface area (Å²) in [6, 6.07) is 2.95. The van der Waals surface area contributed by atoms with Gasteiger partial charge in [-0.05, 0) is 31.1 Å². The Morgan fingerprint density at radius 3 is 2.94 bits per heavy atom. The number of anilines is 1. The van der Waals surface area contributed by atoms with Crippen molar-refractivity contribution in [1.29, 1.82) is 0 Å². The van der Waals surface area contributed by atoms with Crippen LogP contribution in [0, 0.1) is 17.0 Å². The molecule has 1 heterocycles. The standard InChI is InChI=1S/C12H15ClN2O2S/c1-8-5-9(15(16)17)6-11(13)12(8)14-7-10-3-2-4-18-10/h5-6,10,14H,2-4,7H2,1H3. The van der Waals surface area contributed by atoms with Crippen LogP contribution in [0.15, 0.2) is 12.1 Å². The molecule has 0 aromatic heterocycles. The van der Waals surface area contributed by atoms with Gasteiger partial charge in [-0.1, -0.05) is 11.6 Å². The van der Waals surface area contributed by atoms with E-state index in [4.69, 9.17) is 11.6 Å². The fraction of sp³-hybridized carbons (Fsp3) is 0.500. The molecular weight excluding hydrogens is 272 g/mol. The minimum Gasteiger partial charge on any atom is -0.383 e. The maximum atomic E-state index is 10.7. The number of nitro groups is 1. The van der Waals surface area contributed by atoms with Gasteiger partial charge in [0, 0.05) is 23.9 Å². The highest BCUT2D eigenvalue weighted by atomic mass is 35.5. The summed E-state index contributed by atoms with van der Waals surface area (Å²) in [5.74, 6) is 1.22. The summed E-state index contributed by atoms with van der Waals surface area (Å²) in [6.45, 7) is 2.70. The third-order valence-electron chi connectivity index (χ3n) is 3.01. The first-order chi connectivity index (χ1) is 8.58. The Hall–Kier alpha value is -0.940. The van der Waals surface area contributed by atoms with Crippen LogP contribution in [-0.2, 0) is 0 Å². The van der Waals surface area contributed by atoms with Crippen LogP contribution in [-0.4, -0.2) is 22.5 Å². The van der Waals surface area contributed by atoms with E-state index >= 15 is 0 Å². The van der Waals surface area contributed by atoms with E-state index < -0.39 is 4.92 Å². The highest BCUT2D eigenvalue weighted by Crippen LogP contribution is 2.32. The molecule has 4 nitrogen and oxygen atoms in total. The average Bonchev–Trinajstić information content (AvgIpc) is 2.80. The summed E-state index contributed by atoms with van der Waals surface area (Å²) in [6.07, 6.45) is 2.49. The zero-order valence-electron chi connectivity index (χ0n) is 10.1. The molecule has 1 unspecified atom stereocenters. The molecule has 18 heavy (non-hydrogen) atoms. The van der Waals surface area contributed by atoms with Crippen molar-refractivity contribution in [2.24, 2.45) is 0 Å². The number of hydrogen-bond donors (Lipinski definition) is 1. The van der Waals surface area contributed by atoms with Gasteiger partial charge in [0.05, 0.1) is 15.6 Å². The smallest absolute Gasteiger partial charge is 0.271 e. The van der Waals surface area contributed by atoms with Gasteiger partial charge in [-0.15, -0.1) is 0 Å². The van der Waals surface area contributed by atoms with Crippen molar-refractivity contribution in [3.63, 3.8) is 0 Å². The van der Waals surface area contributed by atoms with E-state index in [2.05, 4.69) is 5.32 Å². The third kappa shape index (κ3) is 3.09. The van der Waals surface area contributed by atoms with Gasteiger partial charge in [0.25, 0.3) is 5.69 Å². The molecule has 0 saturated carbocycles. The molecule has 1 aromatic rings. The molecule has 2 rings (SSSR count). The van der Waals surface area contributed by atoms with E-state index in [1.54, 1.807) is 6.07 Å². The van der Waals surface area contributed by atoms with Crippen molar-refractivity contribution in [3.05, 3.63) is 32.8 Å². The Morgan fingerprint density at radius 1 is 1.61 bits per heavy atom. The zero-order chi connectivity index (χ0) is 13.1. The van der Waals surface area contributed by atoms with Crippen molar-refractivity contribution in [1.82, 2.24) is 0 Å². The second-order valence-corrected chi connectivity index (χ2v) is 6.21. The summed E-state index contributed by atoms with van der Waals surface area (Å²) in [5.41, 5.74) is 1.67. The maximum Gasteiger partial charge on any atom is 0.271 e. The van der Waals surface area contributed by atoms with E-state index in [-0.39, 0.29) is 5.69 Å². The van der Waals surface area contributed by atoms with E-state index in [0.29, 0.717) is 10.3 Å². The van der Waals surface area contributed by atoms with Gasteiger partial charge >= 0.3 is 0 Å². The number of nitro benzene ring substituents is 1. The quantitative estimate of drug-likeness (QED) is 0.674. The maximum absolute atomic E-state index is 10.7. The molecule has 1 fully saturated rings. The molecule has 1 aliphatic heterocycles. The molecule has 1 saturated heterocycles. The van der Waals surface area contributed by atoms with Crippen molar-refractivity contribution >= 4 is 34.7 Å². The van der Waals surface area contributed by atoms with Gasteiger partial charge in [0.2, 0.25) is 0 Å². The topological polar surface area (TPSA) is 55.2 Å². The Labute approximate surface area is 115 Å². The first-order valence-corrected chi connectivity index (χ1v) is 7.30. The highest BCUT2D eigenvalue weighted by molar-refractivity contribution is 8.00. The summed E-state index contributed by atoms with van der Waals surface area (Å²) in [5, 5.41) is 15.1. The van der Waals surface area contributed by atoms with Crippen LogP contribution in [0.1, 0.15) is 18.4 Å². The van der Waals surface area contributed by atoms with E-state index in [0.717, 1.165) is 17.8 Å². The number of nitrogens with zero attached hydrogens (tertiary/aromatic N) is 1. The van der Waals surface area contributed by atoms with Crippen LogP contribution in [0.3, 0.4) is 0 Å². The van der Waals surface area contributed by atoms with Crippen LogP contribution in [0.2, 0.25) is 5.02 Å². The fourth-order valence-corrected chi connectivity index (χ4v) is 3.61. The van der Waals surface area contributed by atoms with Crippen molar-refractivity contribution in [2.45, 2.75) is 25.0 Å². The summed E-state index contributed by atoms with van der Waals surface area (Å²) >= 11 is 8.06. The molecule has 98 valence electrons. The molecule has 6 heteroatoms. The van der Waals surface area contributed by atoms with Crippen LogP contribution < -0.4 is 5.32 Å². The Balaban J connectivity index is 2.10. The summed E-state index contributed by atoms with van der Waals surface area (Å²) < 4.78 is 0. The first kappa shape index (κ1) is 13.5. The van der Waals surface area contributed by atoms with Crippen LogP contribution in [0.5, 0.6) is 0 Å². The molecular formula is C12H15ClN2O2S. The Kier molecular flexibility index (Phi) is 4.35. The lowest BCUT2D eigenvalue weighted by Gasteiger charge is -2.14. The second kappa shape index (κ2) is 5.80. The third-order valence-corrected chi connectivity index (χ3v) is 4.71. The molecule has 0 bridgehead atoms. The van der Waals surface area contributed by atoms with E-state index in [9.17, 15) is 10.1 Å². The number of nitrogens with one attached hydrogen (secondary N) is 1. The van der Waals surface area contributed by atoms with Crippen molar-refractivity contribution in [2.75, 3.05) is 17.6 Å². The van der Waals surface area contributed by atoms with Crippen molar-refractivity contribution in [3.8, 4) is 0 Å². The lowest BCUT2D eigenvalue weighted by Crippen LogP contribution is -2.14. The molecule has 1 aliphatic rings. The molecule has 1 N–H and O–H groups in total. The van der Waals surface area contributed by atoms with Crippen molar-refractivity contribution < 1.29 is 4.92 Å². The SMILES string of the molecule is Cc1cc([N+](=O)[O-])cc(Cl)c1NCC1CCCS1. The molecule has 1 atom stereocenters. The predicted molar refractivity (Wildman–Crippen MR) is 76.8 cm³/mol. The molecule has 0 amide bonds. The number of hydrogen-bond acceptors (Lipinski definition) is 4. The van der Waals surface area contributed by atoms with Crippen LogP contribution >= 0.6 is 23.4 Å². The number of benzene rings is 1. The van der Waals surface area contributed by atoms with E-state index in [1.807, 2.05) is 18.7 Å². The molecule has 0 aliphatic carbocycles. The lowest BCUT2D eigenvalue weighted by molar-refractivity contribution is -0.384. The minimum atomic E-state index is -0.421. The zero-order valence-corrected chi connectivity index (χ0v) is 11.7. The normalized spacial score (nSPS) is 18.9. The van der Waals surface area contributed by atoms with Gasteiger partial charge in [-0.3, -0.25) is 10.1 Å². The average molecular weight is 287 g/mol. The summed E-state index contributed by atoms with van der Waals surface area (Å²) in [7, 11) is 0. The van der Waals surface area contributed by atoms with Gasteiger partial charge in [0.1, 0.15) is 0 Å². The predicted octanol–water partition coefficient (Wildman–Crippen LogP) is 3.86. The number of rotatable bonds is 4. The minimum absolute atomic E-state index is 0.0401. The summed E-state index contributed by atoms with van der Waals surface area (Å²) in [4.78, 5) is 10.3. The molecule has 0 spiro atoms. The monoisotopic (exact) mass is 286 g/mol. The Morgan fingerprint density at radius 2 is 2.39 bits per heavy atom. The number of aryl methyl sites for hydroxylation is 1. The van der Waals surface area contributed by atoms with Crippen LogP contribution in [0.25, 0.3) is 0 Å². The Bertz CT molecular complexity index is 438. The largest absolute Gasteiger partial charge is 0.383 e. The van der Waals surface area contributed by atoms with Gasteiger partial charge < -0.3 is 5.32 Å². The number of non-ortho nitro benzene ring substituents is 1. The number of thioether (sulfide) groups is 1. The molecule has 1 aromatic carbocycles. The van der Waals surface area contributed by atoms with Crippen LogP contribution in [0.4, 0.5) is 11.4 Å².